The van der Waals surface area contributed by atoms with Crippen LogP contribution < -0.4 is 5.32 Å². The Morgan fingerprint density at radius 1 is 0.895 bits per heavy atom. The number of nitrogens with one attached hydrogen (secondary N) is 1. The molecule has 1 aliphatic rings. The summed E-state index contributed by atoms with van der Waals surface area (Å²) in [6, 6.07) is 19.6. The lowest BCUT2D eigenvalue weighted by atomic mass is 9.89. The smallest absolute Gasteiger partial charge is 0.0570 e. The number of benzene rings is 2. The van der Waals surface area contributed by atoms with Gasteiger partial charge in [-0.1, -0.05) is 54.6 Å². The summed E-state index contributed by atoms with van der Waals surface area (Å²) in [5.74, 6) is 0. The maximum Gasteiger partial charge on any atom is 0.0570 e. The molecule has 1 aliphatic carbocycles. The van der Waals surface area contributed by atoms with E-state index in [1.165, 1.54) is 16.7 Å². The summed E-state index contributed by atoms with van der Waals surface area (Å²) in [6.07, 6.45) is 1.70. The molecule has 2 nitrogen and oxygen atoms in total. The van der Waals surface area contributed by atoms with E-state index in [-0.39, 0.29) is 6.10 Å². The van der Waals surface area contributed by atoms with Crippen molar-refractivity contribution in [2.24, 2.45) is 0 Å². The van der Waals surface area contributed by atoms with Gasteiger partial charge in [0.2, 0.25) is 0 Å². The van der Waals surface area contributed by atoms with Crippen molar-refractivity contribution in [3.63, 3.8) is 0 Å². The van der Waals surface area contributed by atoms with Gasteiger partial charge >= 0.3 is 0 Å². The number of aliphatic hydroxyl groups excluding tert-OH is 1. The topological polar surface area (TPSA) is 32.3 Å². The lowest BCUT2D eigenvalue weighted by molar-refractivity contribution is 0.0619. The molecular formula is C17H19NO. The predicted octanol–water partition coefficient (Wildman–Crippen LogP) is 2.97. The van der Waals surface area contributed by atoms with Crippen molar-refractivity contribution >= 4 is 0 Å². The van der Waals surface area contributed by atoms with Gasteiger partial charge in [0.25, 0.3) is 0 Å². The summed E-state index contributed by atoms with van der Waals surface area (Å²) in [7, 11) is 0. The molecule has 0 spiro atoms. The fraction of sp³-hybridized carbons (Fsp3) is 0.294. The summed E-state index contributed by atoms with van der Waals surface area (Å²) in [6.45, 7) is 0.881. The van der Waals surface area contributed by atoms with E-state index in [4.69, 9.17) is 0 Å². The summed E-state index contributed by atoms with van der Waals surface area (Å²) >= 11 is 0. The Bertz CT molecular complexity index is 515. The molecule has 2 aromatic rings. The van der Waals surface area contributed by atoms with Crippen molar-refractivity contribution in [3.05, 3.63) is 60.2 Å². The summed E-state index contributed by atoms with van der Waals surface area (Å²) in [5, 5.41) is 12.7. The zero-order valence-electron chi connectivity index (χ0n) is 10.9. The van der Waals surface area contributed by atoms with Crippen LogP contribution in [0, 0.1) is 0 Å². The lowest BCUT2D eigenvalue weighted by Gasteiger charge is -2.32. The molecule has 0 saturated heterocycles. The third-order valence-corrected chi connectivity index (χ3v) is 3.77. The molecule has 19 heavy (non-hydrogen) atoms. The van der Waals surface area contributed by atoms with Crippen LogP contribution in [0.3, 0.4) is 0 Å². The number of aliphatic hydroxyl groups is 1. The first-order chi connectivity index (χ1) is 9.31. The molecular weight excluding hydrogens is 234 g/mol. The van der Waals surface area contributed by atoms with Crippen LogP contribution in [-0.2, 0) is 6.54 Å². The fourth-order valence-electron chi connectivity index (χ4n) is 2.46. The van der Waals surface area contributed by atoms with Gasteiger partial charge in [-0.2, -0.15) is 0 Å². The first-order valence-corrected chi connectivity index (χ1v) is 6.87. The van der Waals surface area contributed by atoms with E-state index in [2.05, 4.69) is 53.8 Å². The van der Waals surface area contributed by atoms with Gasteiger partial charge in [-0.05, 0) is 29.5 Å². The van der Waals surface area contributed by atoms with Gasteiger partial charge < -0.3 is 10.4 Å². The second-order valence-corrected chi connectivity index (χ2v) is 5.27. The van der Waals surface area contributed by atoms with E-state index in [0.717, 1.165) is 19.4 Å². The Labute approximate surface area is 114 Å². The average Bonchev–Trinajstić information content (AvgIpc) is 2.44. The van der Waals surface area contributed by atoms with Crippen LogP contribution >= 0.6 is 0 Å². The van der Waals surface area contributed by atoms with E-state index in [9.17, 15) is 5.11 Å². The van der Waals surface area contributed by atoms with Crippen LogP contribution in [0.1, 0.15) is 18.4 Å². The third-order valence-electron chi connectivity index (χ3n) is 3.77. The quantitative estimate of drug-likeness (QED) is 0.878. The van der Waals surface area contributed by atoms with E-state index in [1.54, 1.807) is 0 Å². The average molecular weight is 253 g/mol. The molecule has 0 bridgehead atoms. The highest BCUT2D eigenvalue weighted by atomic mass is 16.3. The lowest BCUT2D eigenvalue weighted by Crippen LogP contribution is -2.43. The largest absolute Gasteiger partial charge is 0.393 e. The van der Waals surface area contributed by atoms with Crippen LogP contribution in [0.5, 0.6) is 0 Å². The van der Waals surface area contributed by atoms with E-state index in [1.807, 2.05) is 6.07 Å². The molecule has 0 aromatic heterocycles. The molecule has 98 valence electrons. The Kier molecular flexibility index (Phi) is 3.62. The monoisotopic (exact) mass is 253 g/mol. The first-order valence-electron chi connectivity index (χ1n) is 6.87. The van der Waals surface area contributed by atoms with E-state index < -0.39 is 0 Å². The number of hydrogen-bond acceptors (Lipinski definition) is 2. The van der Waals surface area contributed by atoms with Crippen molar-refractivity contribution < 1.29 is 5.11 Å². The Morgan fingerprint density at radius 2 is 1.53 bits per heavy atom. The first kappa shape index (κ1) is 12.4. The van der Waals surface area contributed by atoms with Gasteiger partial charge in [0.1, 0.15) is 0 Å². The van der Waals surface area contributed by atoms with Crippen LogP contribution in [0.4, 0.5) is 0 Å². The minimum atomic E-state index is -0.0852. The van der Waals surface area contributed by atoms with Crippen LogP contribution in [-0.4, -0.2) is 17.3 Å². The second-order valence-electron chi connectivity index (χ2n) is 5.27. The Hall–Kier alpha value is -1.64. The molecule has 0 unspecified atom stereocenters. The standard InChI is InChI=1S/C17H19NO/c19-17-10-16(11-17)18-12-13-6-8-15(9-7-13)14-4-2-1-3-5-14/h1-9,16-19H,10-12H2. The molecule has 1 fully saturated rings. The molecule has 2 N–H and O–H groups in total. The van der Waals surface area contributed by atoms with Gasteiger partial charge in [-0.15, -0.1) is 0 Å². The Morgan fingerprint density at radius 3 is 2.16 bits per heavy atom. The maximum atomic E-state index is 9.24. The zero-order chi connectivity index (χ0) is 13.1. The third kappa shape index (κ3) is 3.03. The molecule has 0 aliphatic heterocycles. The van der Waals surface area contributed by atoms with Crippen molar-refractivity contribution in [2.45, 2.75) is 31.5 Å². The highest BCUT2D eigenvalue weighted by molar-refractivity contribution is 5.63. The number of hydrogen-bond donors (Lipinski definition) is 2. The van der Waals surface area contributed by atoms with Crippen molar-refractivity contribution in [1.29, 1.82) is 0 Å². The SMILES string of the molecule is OC1CC(NCc2ccc(-c3ccccc3)cc2)C1. The van der Waals surface area contributed by atoms with Gasteiger partial charge in [-0.25, -0.2) is 0 Å². The van der Waals surface area contributed by atoms with Crippen molar-refractivity contribution in [1.82, 2.24) is 5.32 Å². The van der Waals surface area contributed by atoms with Crippen LogP contribution in [0.25, 0.3) is 11.1 Å². The zero-order valence-corrected chi connectivity index (χ0v) is 10.9. The molecule has 3 rings (SSSR count). The Balaban J connectivity index is 1.60. The summed E-state index contributed by atoms with van der Waals surface area (Å²) in [5.41, 5.74) is 3.80. The highest BCUT2D eigenvalue weighted by Crippen LogP contribution is 2.21. The maximum absolute atomic E-state index is 9.24. The van der Waals surface area contributed by atoms with Crippen molar-refractivity contribution in [2.75, 3.05) is 0 Å². The fourth-order valence-corrected chi connectivity index (χ4v) is 2.46. The summed E-state index contributed by atoms with van der Waals surface area (Å²) in [4.78, 5) is 0. The van der Waals surface area contributed by atoms with Gasteiger partial charge in [0.05, 0.1) is 6.10 Å². The summed E-state index contributed by atoms with van der Waals surface area (Å²) < 4.78 is 0. The molecule has 2 aromatic carbocycles. The highest BCUT2D eigenvalue weighted by Gasteiger charge is 2.26. The number of rotatable bonds is 4. The van der Waals surface area contributed by atoms with Gasteiger partial charge in [-0.3, -0.25) is 0 Å². The van der Waals surface area contributed by atoms with Crippen LogP contribution in [0.15, 0.2) is 54.6 Å². The molecule has 1 saturated carbocycles. The normalized spacial score (nSPS) is 21.9. The molecule has 2 heteroatoms. The van der Waals surface area contributed by atoms with Crippen LogP contribution in [0.2, 0.25) is 0 Å². The molecule has 0 amide bonds. The predicted molar refractivity (Wildman–Crippen MR) is 77.7 cm³/mol. The second kappa shape index (κ2) is 5.55. The molecule has 0 atom stereocenters. The van der Waals surface area contributed by atoms with E-state index in [0.29, 0.717) is 6.04 Å². The molecule has 0 radical (unpaired) electrons. The van der Waals surface area contributed by atoms with E-state index >= 15 is 0 Å². The minimum absolute atomic E-state index is 0.0852. The minimum Gasteiger partial charge on any atom is -0.393 e. The molecule has 0 heterocycles. The van der Waals surface area contributed by atoms with Gasteiger partial charge in [0, 0.05) is 12.6 Å². The van der Waals surface area contributed by atoms with Gasteiger partial charge in [0.15, 0.2) is 0 Å². The van der Waals surface area contributed by atoms with Crippen molar-refractivity contribution in [3.8, 4) is 11.1 Å².